The minimum atomic E-state index is -3.05. The summed E-state index contributed by atoms with van der Waals surface area (Å²) in [7, 11) is -3.05. The van der Waals surface area contributed by atoms with Crippen molar-refractivity contribution in [2.75, 3.05) is 31.0 Å². The molecule has 1 saturated carbocycles. The van der Waals surface area contributed by atoms with Gasteiger partial charge in [-0.05, 0) is 57.4 Å². The van der Waals surface area contributed by atoms with Crippen LogP contribution in [0.2, 0.25) is 0 Å². The number of hydrogen-bond donors (Lipinski definition) is 1. The third-order valence-corrected chi connectivity index (χ3v) is 7.19. The maximum absolute atomic E-state index is 11.6. The lowest BCUT2D eigenvalue weighted by molar-refractivity contribution is -0.105. The van der Waals surface area contributed by atoms with Gasteiger partial charge in [0.2, 0.25) is 0 Å². The van der Waals surface area contributed by atoms with Gasteiger partial charge in [-0.2, -0.15) is 0 Å². The molecule has 1 fully saturated rings. The van der Waals surface area contributed by atoms with Crippen LogP contribution in [0.5, 0.6) is 0 Å². The van der Waals surface area contributed by atoms with Crippen LogP contribution in [-0.2, 0) is 45.3 Å². The monoisotopic (exact) mass is 436 g/mol. The number of rotatable bonds is 9. The van der Waals surface area contributed by atoms with E-state index >= 15 is 0 Å². The Hall–Kier alpha value is -1.71. The third-order valence-electron chi connectivity index (χ3n) is 6.28. The number of aromatic nitrogens is 3. The zero-order valence-corrected chi connectivity index (χ0v) is 18.8. The molecule has 9 heteroatoms. The average molecular weight is 437 g/mol. The first-order valence-corrected chi connectivity index (χ1v) is 12.9. The van der Waals surface area contributed by atoms with E-state index in [1.54, 1.807) is 0 Å². The van der Waals surface area contributed by atoms with E-state index in [0.717, 1.165) is 67.5 Å². The first kappa shape index (κ1) is 21.5. The van der Waals surface area contributed by atoms with E-state index in [2.05, 4.69) is 9.55 Å². The number of ether oxygens (including phenoxy) is 2. The summed E-state index contributed by atoms with van der Waals surface area (Å²) in [6.45, 7) is 3.82. The molecule has 2 aliphatic rings. The molecule has 0 aliphatic heterocycles. The quantitative estimate of drug-likeness (QED) is 0.643. The van der Waals surface area contributed by atoms with Crippen molar-refractivity contribution in [3.8, 4) is 0 Å². The smallest absolute Gasteiger partial charge is 0.151 e. The Morgan fingerprint density at radius 2 is 1.93 bits per heavy atom. The lowest BCUT2D eigenvalue weighted by atomic mass is 9.79. The molecule has 0 amide bonds. The van der Waals surface area contributed by atoms with Crippen molar-refractivity contribution in [2.45, 2.75) is 70.6 Å². The van der Waals surface area contributed by atoms with E-state index in [4.69, 9.17) is 20.2 Å². The van der Waals surface area contributed by atoms with Gasteiger partial charge in [-0.3, -0.25) is 0 Å². The van der Waals surface area contributed by atoms with E-state index in [9.17, 15) is 8.42 Å². The molecule has 2 aromatic rings. The zero-order chi connectivity index (χ0) is 21.4. The van der Waals surface area contributed by atoms with Crippen LogP contribution >= 0.6 is 0 Å². The molecule has 0 atom stereocenters. The molecule has 8 nitrogen and oxygen atoms in total. The normalized spacial score (nSPS) is 18.3. The highest BCUT2D eigenvalue weighted by atomic mass is 32.2. The van der Waals surface area contributed by atoms with Gasteiger partial charge in [-0.15, -0.1) is 0 Å². The minimum absolute atomic E-state index is 0.0392. The number of nitrogens with two attached hydrogens (primary N) is 1. The van der Waals surface area contributed by atoms with Crippen LogP contribution in [0.25, 0.3) is 11.0 Å². The van der Waals surface area contributed by atoms with Gasteiger partial charge in [0.15, 0.2) is 5.82 Å². The number of fused-ring (bicyclic) bond motifs is 3. The molecule has 4 rings (SSSR count). The molecule has 0 saturated heterocycles. The maximum Gasteiger partial charge on any atom is 0.151 e. The number of nitrogen functional groups attached to an aromatic ring is 1. The highest BCUT2D eigenvalue weighted by Gasteiger charge is 2.40. The average Bonchev–Trinajstić information content (AvgIpc) is 3.02. The molecule has 0 aromatic carbocycles. The highest BCUT2D eigenvalue weighted by molar-refractivity contribution is 7.90. The Labute approximate surface area is 178 Å². The lowest BCUT2D eigenvalue weighted by Crippen LogP contribution is -2.45. The van der Waals surface area contributed by atoms with Crippen molar-refractivity contribution in [2.24, 2.45) is 0 Å². The van der Waals surface area contributed by atoms with E-state index in [0.29, 0.717) is 25.6 Å². The number of hydrogen-bond acceptors (Lipinski definition) is 7. The Kier molecular flexibility index (Phi) is 6.05. The topological polar surface area (TPSA) is 109 Å². The third kappa shape index (κ3) is 4.33. The van der Waals surface area contributed by atoms with Crippen molar-refractivity contribution in [1.29, 1.82) is 0 Å². The molecule has 30 heavy (non-hydrogen) atoms. The zero-order valence-electron chi connectivity index (χ0n) is 17.9. The van der Waals surface area contributed by atoms with Crippen molar-refractivity contribution >= 4 is 26.7 Å². The molecule has 0 radical (unpaired) electrons. The van der Waals surface area contributed by atoms with Crippen LogP contribution in [0.3, 0.4) is 0 Å². The number of nitrogens with zero attached hydrogens (tertiary/aromatic N) is 3. The minimum Gasteiger partial charge on any atom is -0.382 e. The number of pyridine rings is 1. The fourth-order valence-corrected chi connectivity index (χ4v) is 4.93. The van der Waals surface area contributed by atoms with E-state index < -0.39 is 9.84 Å². The van der Waals surface area contributed by atoms with Crippen LogP contribution in [0.15, 0.2) is 0 Å². The summed E-state index contributed by atoms with van der Waals surface area (Å²) < 4.78 is 37.2. The number of imidazole rings is 1. The molecule has 0 bridgehead atoms. The van der Waals surface area contributed by atoms with Gasteiger partial charge in [0.25, 0.3) is 0 Å². The molecule has 166 valence electrons. The summed E-state index contributed by atoms with van der Waals surface area (Å²) in [5, 5.41) is 0. The van der Waals surface area contributed by atoms with Crippen LogP contribution < -0.4 is 5.73 Å². The van der Waals surface area contributed by atoms with Crippen molar-refractivity contribution in [3.63, 3.8) is 0 Å². The Morgan fingerprint density at radius 1 is 1.17 bits per heavy atom. The van der Waals surface area contributed by atoms with Gasteiger partial charge in [0.1, 0.15) is 27.8 Å². The summed E-state index contributed by atoms with van der Waals surface area (Å²) in [6, 6.07) is 0. The van der Waals surface area contributed by atoms with Gasteiger partial charge < -0.3 is 19.8 Å². The molecule has 2 N–H and O–H groups in total. The molecule has 2 aromatic heterocycles. The van der Waals surface area contributed by atoms with Gasteiger partial charge >= 0.3 is 0 Å². The molecular weight excluding hydrogens is 404 g/mol. The van der Waals surface area contributed by atoms with Crippen molar-refractivity contribution < 1.29 is 17.9 Å². The van der Waals surface area contributed by atoms with Gasteiger partial charge in [-0.25, -0.2) is 18.4 Å². The molecule has 0 spiro atoms. The second-order valence-electron chi connectivity index (χ2n) is 8.59. The summed E-state index contributed by atoms with van der Waals surface area (Å²) in [5.74, 6) is 1.34. The molecule has 2 heterocycles. The fraction of sp³-hybridized carbons (Fsp3) is 0.714. The summed E-state index contributed by atoms with van der Waals surface area (Å²) in [5.41, 5.74) is 10.1. The van der Waals surface area contributed by atoms with Crippen LogP contribution in [0.4, 0.5) is 5.82 Å². The van der Waals surface area contributed by atoms with Crippen LogP contribution in [0, 0.1) is 0 Å². The Morgan fingerprint density at radius 3 is 2.60 bits per heavy atom. The van der Waals surface area contributed by atoms with Crippen LogP contribution in [0.1, 0.15) is 56.1 Å². The molecule has 2 aliphatic carbocycles. The van der Waals surface area contributed by atoms with Gasteiger partial charge in [0.05, 0.1) is 30.0 Å². The van der Waals surface area contributed by atoms with Gasteiger partial charge in [-0.1, -0.05) is 0 Å². The first-order valence-electron chi connectivity index (χ1n) is 10.9. The predicted molar refractivity (Wildman–Crippen MR) is 116 cm³/mol. The molecular formula is C21H32N4O4S. The lowest BCUT2D eigenvalue weighted by Gasteiger charge is -2.42. The predicted octanol–water partition coefficient (Wildman–Crippen LogP) is 2.41. The standard InChI is InChI=1S/C21H32N4O4S/c1-3-28-13-17-24-18-19(15-7-4-5-8-16(15)23-20(18)22)25(17)14-21(9-6-10-21)29-11-12-30(2,26)27/h3-14H2,1-2H3,(H2,22,23). The summed E-state index contributed by atoms with van der Waals surface area (Å²) in [4.78, 5) is 9.47. The Bertz CT molecular complexity index is 1030. The van der Waals surface area contributed by atoms with Crippen molar-refractivity contribution in [1.82, 2.24) is 14.5 Å². The largest absolute Gasteiger partial charge is 0.382 e. The fourth-order valence-electron chi connectivity index (χ4n) is 4.54. The van der Waals surface area contributed by atoms with Crippen molar-refractivity contribution in [3.05, 3.63) is 17.1 Å². The number of sulfone groups is 1. The van der Waals surface area contributed by atoms with E-state index in [1.165, 1.54) is 11.8 Å². The maximum atomic E-state index is 11.6. The SMILES string of the molecule is CCOCc1nc2c(N)nc3c(c2n1CC1(OCCS(C)(=O)=O)CCC1)CCCC3. The van der Waals surface area contributed by atoms with Crippen LogP contribution in [-0.4, -0.2) is 53.8 Å². The van der Waals surface area contributed by atoms with Gasteiger partial charge in [0, 0.05) is 18.6 Å². The molecule has 0 unspecified atom stereocenters. The number of aryl methyl sites for hydroxylation is 2. The second kappa shape index (κ2) is 8.43. The summed E-state index contributed by atoms with van der Waals surface area (Å²) in [6.07, 6.45) is 8.32. The first-order chi connectivity index (χ1) is 14.3. The number of anilines is 1. The van der Waals surface area contributed by atoms with E-state index in [1.807, 2.05) is 6.92 Å². The highest BCUT2D eigenvalue weighted by Crippen LogP contribution is 2.40. The van der Waals surface area contributed by atoms with E-state index in [-0.39, 0.29) is 18.0 Å². The Balaban J connectivity index is 1.73. The second-order valence-corrected chi connectivity index (χ2v) is 10.9. The summed E-state index contributed by atoms with van der Waals surface area (Å²) >= 11 is 0.